The second kappa shape index (κ2) is 4.70. The van der Waals surface area contributed by atoms with Crippen molar-refractivity contribution < 1.29 is 14.9 Å². The molecule has 1 saturated heterocycles. The minimum atomic E-state index is -0.738. The summed E-state index contributed by atoms with van der Waals surface area (Å²) in [4.78, 5) is 2.31. The molecule has 0 unspecified atom stereocenters. The van der Waals surface area contributed by atoms with Crippen molar-refractivity contribution in [3.63, 3.8) is 0 Å². The van der Waals surface area contributed by atoms with Crippen LogP contribution in [-0.4, -0.2) is 53.6 Å². The molecule has 1 heterocycles. The molecule has 0 radical (unpaired) electrons. The molecule has 2 bridgehead atoms. The zero-order chi connectivity index (χ0) is 15.5. The van der Waals surface area contributed by atoms with Crippen molar-refractivity contribution in [2.45, 2.75) is 55.3 Å². The number of hydrogen-bond donors (Lipinski definition) is 2. The van der Waals surface area contributed by atoms with Crippen LogP contribution in [-0.2, 0) is 11.8 Å². The number of methoxy groups -OCH3 is 1. The van der Waals surface area contributed by atoms with Crippen molar-refractivity contribution in [2.24, 2.45) is 0 Å². The summed E-state index contributed by atoms with van der Waals surface area (Å²) in [6.07, 6.45) is 3.50. The second-order valence-electron chi connectivity index (χ2n) is 7.38. The highest BCUT2D eigenvalue weighted by Crippen LogP contribution is 2.58. The zero-order valence-corrected chi connectivity index (χ0v) is 13.4. The fraction of sp³-hybridized carbons (Fsp3) is 0.667. The van der Waals surface area contributed by atoms with E-state index in [1.165, 1.54) is 11.1 Å². The van der Waals surface area contributed by atoms with Gasteiger partial charge < -0.3 is 19.8 Å². The van der Waals surface area contributed by atoms with Crippen molar-refractivity contribution >= 4 is 0 Å². The van der Waals surface area contributed by atoms with E-state index in [0.29, 0.717) is 19.3 Å². The van der Waals surface area contributed by atoms with E-state index in [9.17, 15) is 10.2 Å². The molecule has 2 aliphatic carbocycles. The maximum Gasteiger partial charge on any atom is 0.119 e. The molecule has 120 valence electrons. The second-order valence-corrected chi connectivity index (χ2v) is 7.38. The predicted molar refractivity (Wildman–Crippen MR) is 84.2 cm³/mol. The van der Waals surface area contributed by atoms with Crippen LogP contribution in [0.3, 0.4) is 0 Å². The van der Waals surface area contributed by atoms with Gasteiger partial charge in [-0.2, -0.15) is 0 Å². The number of rotatable bonds is 1. The SMILES string of the molecule is COc1ccc2c(c1)[C@]13CCN(C)[C@@H](C2)[C@]1(O)CC[C@@H](O)C3. The molecule has 1 aromatic carbocycles. The van der Waals surface area contributed by atoms with Crippen LogP contribution in [0, 0.1) is 0 Å². The summed E-state index contributed by atoms with van der Waals surface area (Å²) in [5.74, 6) is 0.841. The van der Waals surface area contributed by atoms with Crippen LogP contribution < -0.4 is 4.74 Å². The number of likely N-dealkylation sites (tertiary alicyclic amines) is 1. The maximum atomic E-state index is 11.7. The molecule has 4 heteroatoms. The maximum absolute atomic E-state index is 11.7. The molecular formula is C18H25NO3. The number of likely N-dealkylation sites (N-methyl/N-ethyl adjacent to an activating group) is 1. The molecule has 4 atom stereocenters. The highest BCUT2D eigenvalue weighted by molar-refractivity contribution is 5.48. The molecule has 22 heavy (non-hydrogen) atoms. The van der Waals surface area contributed by atoms with E-state index in [4.69, 9.17) is 4.74 Å². The third-order valence-corrected chi connectivity index (χ3v) is 6.49. The van der Waals surface area contributed by atoms with E-state index in [-0.39, 0.29) is 17.6 Å². The molecule has 1 aliphatic heterocycles. The van der Waals surface area contributed by atoms with Crippen LogP contribution in [0.2, 0.25) is 0 Å². The Kier molecular flexibility index (Phi) is 3.09. The van der Waals surface area contributed by atoms with Gasteiger partial charge in [-0.15, -0.1) is 0 Å². The predicted octanol–water partition coefficient (Wildman–Crippen LogP) is 1.47. The Bertz CT molecular complexity index is 604. The van der Waals surface area contributed by atoms with Gasteiger partial charge in [0.2, 0.25) is 0 Å². The quantitative estimate of drug-likeness (QED) is 0.825. The molecule has 0 spiro atoms. The smallest absolute Gasteiger partial charge is 0.119 e. The highest BCUT2D eigenvalue weighted by atomic mass is 16.5. The summed E-state index contributed by atoms with van der Waals surface area (Å²) >= 11 is 0. The fourth-order valence-corrected chi connectivity index (χ4v) is 5.32. The van der Waals surface area contributed by atoms with Crippen LogP contribution in [0.5, 0.6) is 5.75 Å². The Hall–Kier alpha value is -1.10. The first-order chi connectivity index (χ1) is 10.5. The molecule has 0 aromatic heterocycles. The summed E-state index contributed by atoms with van der Waals surface area (Å²) in [5.41, 5.74) is 1.44. The Morgan fingerprint density at radius 1 is 1.32 bits per heavy atom. The lowest BCUT2D eigenvalue weighted by atomic mass is 9.49. The lowest BCUT2D eigenvalue weighted by Crippen LogP contribution is -2.72. The van der Waals surface area contributed by atoms with Gasteiger partial charge in [0, 0.05) is 11.5 Å². The zero-order valence-electron chi connectivity index (χ0n) is 13.4. The number of ether oxygens (including phenoxy) is 1. The van der Waals surface area contributed by atoms with Gasteiger partial charge in [0.25, 0.3) is 0 Å². The number of benzene rings is 1. The van der Waals surface area contributed by atoms with Gasteiger partial charge in [0.1, 0.15) is 5.75 Å². The van der Waals surface area contributed by atoms with Crippen molar-refractivity contribution in [1.29, 1.82) is 0 Å². The molecule has 4 nitrogen and oxygen atoms in total. The lowest BCUT2D eigenvalue weighted by molar-refractivity contribution is -0.177. The number of piperidine rings is 1. The van der Waals surface area contributed by atoms with Gasteiger partial charge in [-0.3, -0.25) is 0 Å². The minimum Gasteiger partial charge on any atom is -0.497 e. The topological polar surface area (TPSA) is 52.9 Å². The van der Waals surface area contributed by atoms with Crippen LogP contribution in [0.15, 0.2) is 18.2 Å². The Morgan fingerprint density at radius 3 is 2.91 bits per heavy atom. The van der Waals surface area contributed by atoms with Gasteiger partial charge in [-0.05, 0) is 69.0 Å². The standard InChI is InChI=1S/C18H25NO3/c1-19-8-7-17-11-13(20)5-6-18(17,21)16(19)9-12-3-4-14(22-2)10-15(12)17/h3-4,10,13,16,20-21H,5-9,11H2,1-2H3/t13-,16+,17-,18-/m1/s1. The number of nitrogens with zero attached hydrogens (tertiary/aromatic N) is 1. The third-order valence-electron chi connectivity index (χ3n) is 6.49. The monoisotopic (exact) mass is 303 g/mol. The lowest BCUT2D eigenvalue weighted by Gasteiger charge is -2.64. The number of hydrogen-bond acceptors (Lipinski definition) is 4. The molecule has 2 N–H and O–H groups in total. The van der Waals surface area contributed by atoms with Gasteiger partial charge in [-0.1, -0.05) is 6.07 Å². The average molecular weight is 303 g/mol. The largest absolute Gasteiger partial charge is 0.497 e. The third kappa shape index (κ3) is 1.69. The van der Waals surface area contributed by atoms with Crippen molar-refractivity contribution in [3.05, 3.63) is 29.3 Å². The molecule has 1 saturated carbocycles. The first-order valence-corrected chi connectivity index (χ1v) is 8.28. The summed E-state index contributed by atoms with van der Waals surface area (Å²) in [5, 5.41) is 22.0. The van der Waals surface area contributed by atoms with Crippen molar-refractivity contribution in [3.8, 4) is 5.75 Å². The summed E-state index contributed by atoms with van der Waals surface area (Å²) in [6, 6.07) is 6.40. The van der Waals surface area contributed by atoms with Crippen LogP contribution in [0.25, 0.3) is 0 Å². The summed E-state index contributed by atoms with van der Waals surface area (Å²) in [7, 11) is 3.80. The summed E-state index contributed by atoms with van der Waals surface area (Å²) < 4.78 is 5.42. The summed E-state index contributed by atoms with van der Waals surface area (Å²) in [6.45, 7) is 0.969. The molecule has 4 rings (SSSR count). The van der Waals surface area contributed by atoms with Gasteiger partial charge in [-0.25, -0.2) is 0 Å². The fourth-order valence-electron chi connectivity index (χ4n) is 5.32. The molecule has 3 aliphatic rings. The van der Waals surface area contributed by atoms with Crippen molar-refractivity contribution in [1.82, 2.24) is 4.90 Å². The van der Waals surface area contributed by atoms with Gasteiger partial charge >= 0.3 is 0 Å². The number of aliphatic hydroxyl groups excluding tert-OH is 1. The van der Waals surface area contributed by atoms with Crippen LogP contribution in [0.1, 0.15) is 36.8 Å². The average Bonchev–Trinajstić information content (AvgIpc) is 2.51. The van der Waals surface area contributed by atoms with Crippen molar-refractivity contribution in [2.75, 3.05) is 20.7 Å². The Labute approximate surface area is 131 Å². The molecule has 1 aromatic rings. The van der Waals surface area contributed by atoms with E-state index in [1.54, 1.807) is 7.11 Å². The van der Waals surface area contributed by atoms with E-state index in [0.717, 1.165) is 25.1 Å². The van der Waals surface area contributed by atoms with Crippen LogP contribution >= 0.6 is 0 Å². The van der Waals surface area contributed by atoms with E-state index < -0.39 is 5.60 Å². The highest BCUT2D eigenvalue weighted by Gasteiger charge is 2.63. The van der Waals surface area contributed by atoms with Crippen LogP contribution in [0.4, 0.5) is 0 Å². The number of fused-ring (bicyclic) bond motifs is 1. The number of aliphatic hydroxyl groups is 2. The first-order valence-electron chi connectivity index (χ1n) is 8.28. The first kappa shape index (κ1) is 14.5. The minimum absolute atomic E-state index is 0.148. The molecule has 2 fully saturated rings. The van der Waals surface area contributed by atoms with E-state index in [2.05, 4.69) is 24.1 Å². The Balaban J connectivity index is 1.94. The van der Waals surface area contributed by atoms with Gasteiger partial charge in [0.15, 0.2) is 0 Å². The normalized spacial score (nSPS) is 40.7. The molecule has 0 amide bonds. The molecular weight excluding hydrogens is 278 g/mol. The van der Waals surface area contributed by atoms with E-state index in [1.807, 2.05) is 6.07 Å². The van der Waals surface area contributed by atoms with E-state index >= 15 is 0 Å². The Morgan fingerprint density at radius 2 is 2.14 bits per heavy atom. The van der Waals surface area contributed by atoms with Gasteiger partial charge in [0.05, 0.1) is 18.8 Å².